The fourth-order valence-corrected chi connectivity index (χ4v) is 2.96. The first-order valence-electron chi connectivity index (χ1n) is 8.14. The summed E-state index contributed by atoms with van der Waals surface area (Å²) in [5.41, 5.74) is 0.602. The van der Waals surface area contributed by atoms with E-state index in [4.69, 9.17) is 9.79 Å². The van der Waals surface area contributed by atoms with Crippen LogP contribution in [0.3, 0.4) is 0 Å². The maximum Gasteiger partial charge on any atom is 0.327 e. The molecule has 0 aromatic heterocycles. The number of urea groups is 1. The smallest absolute Gasteiger partial charge is 0.327 e. The number of amides is 3. The van der Waals surface area contributed by atoms with Crippen molar-refractivity contribution in [2.75, 3.05) is 24.3 Å². The van der Waals surface area contributed by atoms with Crippen LogP contribution in [0.4, 0.5) is 10.5 Å². The summed E-state index contributed by atoms with van der Waals surface area (Å²) in [5.74, 6) is -0.325. The molecule has 1 unspecified atom stereocenters. The first-order valence-corrected chi connectivity index (χ1v) is 11.2. The number of hydrogen-bond acceptors (Lipinski definition) is 4. The number of benzene rings is 1. The predicted molar refractivity (Wildman–Crippen MR) is 104 cm³/mol. The van der Waals surface area contributed by atoms with E-state index in [9.17, 15) is 14.2 Å². The quantitative estimate of drug-likeness (QED) is 0.318. The lowest BCUT2D eigenvalue weighted by atomic mass is 10.0. The molecule has 26 heavy (non-hydrogen) atoms. The average molecular weight is 403 g/mol. The molecule has 0 fully saturated rings. The monoisotopic (exact) mass is 403 g/mol. The molecule has 8 nitrogen and oxygen atoms in total. The van der Waals surface area contributed by atoms with E-state index < -0.39 is 31.7 Å². The topological polar surface area (TPSA) is 128 Å². The summed E-state index contributed by atoms with van der Waals surface area (Å²) in [6.45, 7) is 3.67. The van der Waals surface area contributed by atoms with Gasteiger partial charge < -0.3 is 25.7 Å². The van der Waals surface area contributed by atoms with Crippen LogP contribution >= 0.6 is 19.4 Å². The summed E-state index contributed by atoms with van der Waals surface area (Å²) in [6, 6.07) is 5.97. The number of carbonyl (C=O) groups is 2. The Morgan fingerprint density at radius 3 is 2.31 bits per heavy atom. The molecule has 0 saturated carbocycles. The maximum absolute atomic E-state index is 12.2. The SMILES string of the molecule is CSc1ccc(NC(=O)NC(CC(C)C)C(=O)NCCP(=O)(O)O)cc1. The Labute approximate surface area is 157 Å². The highest BCUT2D eigenvalue weighted by Crippen LogP contribution is 2.32. The summed E-state index contributed by atoms with van der Waals surface area (Å²) < 4.78 is 10.8. The molecule has 5 N–H and O–H groups in total. The second-order valence-corrected chi connectivity index (χ2v) is 8.84. The van der Waals surface area contributed by atoms with Gasteiger partial charge in [-0.05, 0) is 42.9 Å². The molecule has 0 aliphatic rings. The molecular formula is C16H26N3O5PS. The number of thioether (sulfide) groups is 1. The van der Waals surface area contributed by atoms with Gasteiger partial charge in [-0.2, -0.15) is 0 Å². The lowest BCUT2D eigenvalue weighted by Crippen LogP contribution is -2.49. The van der Waals surface area contributed by atoms with Crippen molar-refractivity contribution in [1.29, 1.82) is 0 Å². The summed E-state index contributed by atoms with van der Waals surface area (Å²) in [4.78, 5) is 43.1. The number of hydrogen-bond donors (Lipinski definition) is 5. The van der Waals surface area contributed by atoms with Crippen molar-refractivity contribution in [3.63, 3.8) is 0 Å². The van der Waals surface area contributed by atoms with Crippen molar-refractivity contribution < 1.29 is 23.9 Å². The van der Waals surface area contributed by atoms with Gasteiger partial charge in [0.2, 0.25) is 5.91 Å². The Balaban J connectivity index is 2.62. The van der Waals surface area contributed by atoms with Crippen molar-refractivity contribution in [2.24, 2.45) is 5.92 Å². The second kappa shape index (κ2) is 10.6. The zero-order valence-corrected chi connectivity index (χ0v) is 16.8. The van der Waals surface area contributed by atoms with E-state index in [1.807, 2.05) is 32.2 Å². The fourth-order valence-electron chi connectivity index (χ4n) is 2.15. The van der Waals surface area contributed by atoms with Crippen molar-refractivity contribution in [3.05, 3.63) is 24.3 Å². The Morgan fingerprint density at radius 1 is 1.19 bits per heavy atom. The molecule has 1 atom stereocenters. The van der Waals surface area contributed by atoms with Gasteiger partial charge >= 0.3 is 13.6 Å². The number of anilines is 1. The molecule has 0 saturated heterocycles. The van der Waals surface area contributed by atoms with Gasteiger partial charge in [-0.15, -0.1) is 11.8 Å². The summed E-state index contributed by atoms with van der Waals surface area (Å²) >= 11 is 1.59. The second-order valence-electron chi connectivity index (χ2n) is 6.19. The van der Waals surface area contributed by atoms with Crippen LogP contribution in [-0.2, 0) is 9.36 Å². The van der Waals surface area contributed by atoms with Crippen LogP contribution < -0.4 is 16.0 Å². The highest BCUT2D eigenvalue weighted by Gasteiger charge is 2.22. The molecular weight excluding hydrogens is 377 g/mol. The third kappa shape index (κ3) is 9.24. The molecule has 0 radical (unpaired) electrons. The first kappa shape index (κ1) is 22.5. The minimum Gasteiger partial charge on any atom is -0.354 e. The largest absolute Gasteiger partial charge is 0.354 e. The molecule has 146 valence electrons. The standard InChI is InChI=1S/C16H26N3O5PS/c1-11(2)10-14(15(20)17-8-9-25(22,23)24)19-16(21)18-12-4-6-13(26-3)7-5-12/h4-7,11,14H,8-10H2,1-3H3,(H,17,20)(H2,18,19,21)(H2,22,23,24). The summed E-state index contributed by atoms with van der Waals surface area (Å²) in [7, 11) is -4.18. The van der Waals surface area contributed by atoms with E-state index in [0.29, 0.717) is 12.1 Å². The number of nitrogens with one attached hydrogen (secondary N) is 3. The van der Waals surface area contributed by atoms with Crippen LogP contribution in [0.15, 0.2) is 29.2 Å². The number of carbonyl (C=O) groups excluding carboxylic acids is 2. The Bertz CT molecular complexity index is 648. The normalized spacial score (nSPS) is 12.5. The lowest BCUT2D eigenvalue weighted by Gasteiger charge is -2.20. The first-order chi connectivity index (χ1) is 12.1. The average Bonchev–Trinajstić information content (AvgIpc) is 2.53. The third-order valence-electron chi connectivity index (χ3n) is 3.38. The van der Waals surface area contributed by atoms with E-state index in [0.717, 1.165) is 4.90 Å². The zero-order valence-electron chi connectivity index (χ0n) is 15.1. The molecule has 0 aliphatic heterocycles. The predicted octanol–water partition coefficient (Wildman–Crippen LogP) is 2.24. The van der Waals surface area contributed by atoms with E-state index in [1.165, 1.54) is 0 Å². The highest BCUT2D eigenvalue weighted by molar-refractivity contribution is 7.98. The van der Waals surface area contributed by atoms with E-state index >= 15 is 0 Å². The zero-order chi connectivity index (χ0) is 19.7. The van der Waals surface area contributed by atoms with E-state index in [2.05, 4.69) is 16.0 Å². The summed E-state index contributed by atoms with van der Waals surface area (Å²) in [6.07, 6.45) is 1.92. The van der Waals surface area contributed by atoms with Crippen molar-refractivity contribution >= 4 is 37.0 Å². The maximum atomic E-state index is 12.2. The van der Waals surface area contributed by atoms with Gasteiger partial charge in [0.15, 0.2) is 0 Å². The minimum atomic E-state index is -4.18. The molecule has 0 spiro atoms. The van der Waals surface area contributed by atoms with Gasteiger partial charge in [0.1, 0.15) is 6.04 Å². The Hall–Kier alpha value is -1.54. The molecule has 10 heteroatoms. The van der Waals surface area contributed by atoms with Crippen LogP contribution in [0.2, 0.25) is 0 Å². The van der Waals surface area contributed by atoms with Crippen LogP contribution in [0.5, 0.6) is 0 Å². The van der Waals surface area contributed by atoms with E-state index in [1.54, 1.807) is 23.9 Å². The van der Waals surface area contributed by atoms with Crippen LogP contribution in [0, 0.1) is 5.92 Å². The van der Waals surface area contributed by atoms with Gasteiger partial charge in [-0.3, -0.25) is 9.36 Å². The van der Waals surface area contributed by atoms with Gasteiger partial charge in [0.05, 0.1) is 6.16 Å². The highest BCUT2D eigenvalue weighted by atomic mass is 32.2. The molecule has 1 aromatic rings. The molecule has 0 heterocycles. The van der Waals surface area contributed by atoms with Crippen LogP contribution in [-0.4, -0.2) is 46.7 Å². The van der Waals surface area contributed by atoms with Crippen molar-refractivity contribution in [1.82, 2.24) is 10.6 Å². The van der Waals surface area contributed by atoms with E-state index in [-0.39, 0.29) is 12.5 Å². The van der Waals surface area contributed by atoms with Gasteiger partial charge in [-0.1, -0.05) is 13.8 Å². The van der Waals surface area contributed by atoms with Crippen LogP contribution in [0.1, 0.15) is 20.3 Å². The third-order valence-corrected chi connectivity index (χ3v) is 4.93. The molecule has 3 amide bonds. The lowest BCUT2D eigenvalue weighted by molar-refractivity contribution is -0.123. The van der Waals surface area contributed by atoms with Crippen molar-refractivity contribution in [2.45, 2.75) is 31.2 Å². The van der Waals surface area contributed by atoms with Gasteiger partial charge in [-0.25, -0.2) is 4.79 Å². The number of rotatable bonds is 9. The minimum absolute atomic E-state index is 0.147. The Kier molecular flexibility index (Phi) is 9.15. The summed E-state index contributed by atoms with van der Waals surface area (Å²) in [5, 5.41) is 7.73. The van der Waals surface area contributed by atoms with Crippen LogP contribution in [0.25, 0.3) is 0 Å². The molecule has 1 rings (SSSR count). The molecule has 1 aromatic carbocycles. The Morgan fingerprint density at radius 2 is 1.81 bits per heavy atom. The van der Waals surface area contributed by atoms with Crippen molar-refractivity contribution in [3.8, 4) is 0 Å². The molecule has 0 bridgehead atoms. The van der Waals surface area contributed by atoms with Gasteiger partial charge in [0, 0.05) is 17.1 Å². The molecule has 0 aliphatic carbocycles. The van der Waals surface area contributed by atoms with Gasteiger partial charge in [0.25, 0.3) is 0 Å². The fraction of sp³-hybridized carbons (Fsp3) is 0.500.